The average Bonchev–Trinajstić information content (AvgIpc) is 3.37. The molecule has 0 saturated carbocycles. The topological polar surface area (TPSA) is 65.2 Å². The number of fused-ring (bicyclic) bond motifs is 1. The van der Waals surface area contributed by atoms with Crippen LogP contribution in [0.1, 0.15) is 28.8 Å². The van der Waals surface area contributed by atoms with E-state index < -0.39 is 17.8 Å². The highest BCUT2D eigenvalue weighted by Crippen LogP contribution is 2.20. The molecule has 6 heteroatoms. The first kappa shape index (κ1) is 18.2. The van der Waals surface area contributed by atoms with E-state index in [1.807, 2.05) is 30.5 Å². The summed E-state index contributed by atoms with van der Waals surface area (Å²) in [6, 6.07) is 12.7. The van der Waals surface area contributed by atoms with Crippen LogP contribution in [0.3, 0.4) is 0 Å². The maximum Gasteiger partial charge on any atom is 0.252 e. The van der Waals surface area contributed by atoms with Gasteiger partial charge in [0.05, 0.1) is 0 Å². The van der Waals surface area contributed by atoms with Gasteiger partial charge in [-0.3, -0.25) is 9.59 Å². The lowest BCUT2D eigenvalue weighted by molar-refractivity contribution is -0.132. The van der Waals surface area contributed by atoms with Gasteiger partial charge in [-0.2, -0.15) is 0 Å². The number of likely N-dealkylation sites (tertiary alicyclic amines) is 1. The molecule has 1 aliphatic rings. The summed E-state index contributed by atoms with van der Waals surface area (Å²) in [6.45, 7) is 1.41. The average molecular weight is 379 g/mol. The zero-order chi connectivity index (χ0) is 19.5. The van der Waals surface area contributed by atoms with Crippen molar-refractivity contribution in [1.29, 1.82) is 0 Å². The van der Waals surface area contributed by atoms with Gasteiger partial charge in [-0.1, -0.05) is 24.3 Å². The van der Waals surface area contributed by atoms with E-state index in [9.17, 15) is 14.0 Å². The summed E-state index contributed by atoms with van der Waals surface area (Å²) in [6.07, 6.45) is 4.20. The van der Waals surface area contributed by atoms with Crippen molar-refractivity contribution in [3.63, 3.8) is 0 Å². The van der Waals surface area contributed by atoms with Crippen molar-refractivity contribution in [2.45, 2.75) is 25.3 Å². The molecule has 3 aromatic rings. The molecule has 1 atom stereocenters. The molecule has 2 amide bonds. The number of aromatic nitrogens is 1. The standard InChI is InChI=1S/C22H22FN3O2/c23-17-7-5-6-15(12-17)21(27)25-20(22(28)26-10-3-4-11-26)13-16-14-24-19-9-2-1-8-18(16)19/h1-2,5-9,12,14,20,24H,3-4,10-11,13H2,(H,25,27)/t20-/m0/s1. The molecule has 0 bridgehead atoms. The monoisotopic (exact) mass is 379 g/mol. The first-order valence-corrected chi connectivity index (χ1v) is 9.52. The Labute approximate surface area is 162 Å². The van der Waals surface area contributed by atoms with Crippen molar-refractivity contribution < 1.29 is 14.0 Å². The molecule has 2 aromatic carbocycles. The van der Waals surface area contributed by atoms with Gasteiger partial charge in [0.25, 0.3) is 5.91 Å². The van der Waals surface area contributed by atoms with E-state index in [0.717, 1.165) is 29.3 Å². The van der Waals surface area contributed by atoms with E-state index in [1.54, 1.807) is 11.0 Å². The lowest BCUT2D eigenvalue weighted by Gasteiger charge is -2.24. The zero-order valence-corrected chi connectivity index (χ0v) is 15.5. The highest BCUT2D eigenvalue weighted by molar-refractivity contribution is 5.98. The third-order valence-corrected chi connectivity index (χ3v) is 5.21. The first-order valence-electron chi connectivity index (χ1n) is 9.52. The van der Waals surface area contributed by atoms with Gasteiger partial charge in [0, 0.05) is 42.2 Å². The smallest absolute Gasteiger partial charge is 0.252 e. The van der Waals surface area contributed by atoms with Crippen LogP contribution in [0.5, 0.6) is 0 Å². The van der Waals surface area contributed by atoms with E-state index in [-0.39, 0.29) is 11.5 Å². The Morgan fingerprint density at radius 3 is 2.68 bits per heavy atom. The third kappa shape index (κ3) is 3.76. The summed E-state index contributed by atoms with van der Waals surface area (Å²) in [5, 5.41) is 3.86. The van der Waals surface area contributed by atoms with Crippen molar-refractivity contribution in [3.8, 4) is 0 Å². The highest BCUT2D eigenvalue weighted by Gasteiger charge is 2.29. The van der Waals surface area contributed by atoms with Crippen molar-refractivity contribution in [3.05, 3.63) is 71.7 Å². The molecule has 5 nitrogen and oxygen atoms in total. The number of aromatic amines is 1. The normalized spacial score (nSPS) is 15.0. The molecule has 1 fully saturated rings. The van der Waals surface area contributed by atoms with Gasteiger partial charge >= 0.3 is 0 Å². The lowest BCUT2D eigenvalue weighted by Crippen LogP contribution is -2.49. The van der Waals surface area contributed by atoms with Crippen LogP contribution in [0, 0.1) is 5.82 Å². The van der Waals surface area contributed by atoms with E-state index >= 15 is 0 Å². The molecule has 1 aromatic heterocycles. The van der Waals surface area contributed by atoms with Crippen LogP contribution in [0.25, 0.3) is 10.9 Å². The molecule has 144 valence electrons. The minimum Gasteiger partial charge on any atom is -0.361 e. The zero-order valence-electron chi connectivity index (χ0n) is 15.5. The van der Waals surface area contributed by atoms with Gasteiger partial charge in [-0.25, -0.2) is 4.39 Å². The summed E-state index contributed by atoms with van der Waals surface area (Å²) in [7, 11) is 0. The summed E-state index contributed by atoms with van der Waals surface area (Å²) in [5.74, 6) is -1.02. The van der Waals surface area contributed by atoms with Crippen LogP contribution in [0.4, 0.5) is 4.39 Å². The van der Waals surface area contributed by atoms with Crippen LogP contribution >= 0.6 is 0 Å². The van der Waals surface area contributed by atoms with Crippen LogP contribution in [-0.4, -0.2) is 40.8 Å². The fraction of sp³-hybridized carbons (Fsp3) is 0.273. The Balaban J connectivity index is 1.60. The van der Waals surface area contributed by atoms with Crippen molar-refractivity contribution in [2.75, 3.05) is 13.1 Å². The number of nitrogens with zero attached hydrogens (tertiary/aromatic N) is 1. The number of halogens is 1. The molecule has 0 spiro atoms. The molecule has 2 N–H and O–H groups in total. The van der Waals surface area contributed by atoms with Crippen molar-refractivity contribution in [2.24, 2.45) is 0 Å². The molecular formula is C22H22FN3O2. The highest BCUT2D eigenvalue weighted by atomic mass is 19.1. The van der Waals surface area contributed by atoms with Gasteiger partial charge in [0.2, 0.25) is 5.91 Å². The lowest BCUT2D eigenvalue weighted by atomic mass is 10.0. The number of benzene rings is 2. The molecule has 0 aliphatic carbocycles. The van der Waals surface area contributed by atoms with Crippen molar-refractivity contribution in [1.82, 2.24) is 15.2 Å². The number of hydrogen-bond acceptors (Lipinski definition) is 2. The molecule has 0 unspecified atom stereocenters. The maximum absolute atomic E-state index is 13.5. The predicted molar refractivity (Wildman–Crippen MR) is 105 cm³/mol. The minimum absolute atomic E-state index is 0.0902. The quantitative estimate of drug-likeness (QED) is 0.715. The van der Waals surface area contributed by atoms with Gasteiger partial charge in [0.1, 0.15) is 11.9 Å². The number of amides is 2. The van der Waals surface area contributed by atoms with E-state index in [1.165, 1.54) is 18.2 Å². The fourth-order valence-corrected chi connectivity index (χ4v) is 3.75. The predicted octanol–water partition coefficient (Wildman–Crippen LogP) is 3.27. The molecule has 1 aliphatic heterocycles. The Bertz CT molecular complexity index is 1010. The number of para-hydroxylation sites is 1. The SMILES string of the molecule is O=C(N[C@@H](Cc1c[nH]c2ccccc12)C(=O)N1CCCC1)c1cccc(F)c1. The van der Waals surface area contributed by atoms with Gasteiger partial charge in [0.15, 0.2) is 0 Å². The number of carbonyl (C=O) groups is 2. The van der Waals surface area contributed by atoms with Gasteiger partial charge in [-0.15, -0.1) is 0 Å². The number of H-pyrrole nitrogens is 1. The Hall–Kier alpha value is -3.15. The van der Waals surface area contributed by atoms with Crippen LogP contribution in [0.2, 0.25) is 0 Å². The molecule has 4 rings (SSSR count). The van der Waals surface area contributed by atoms with Crippen LogP contribution in [-0.2, 0) is 11.2 Å². The second-order valence-electron chi connectivity index (χ2n) is 7.13. The maximum atomic E-state index is 13.5. The van der Waals surface area contributed by atoms with Gasteiger partial charge in [-0.05, 0) is 42.7 Å². The first-order chi connectivity index (χ1) is 13.6. The fourth-order valence-electron chi connectivity index (χ4n) is 3.75. The summed E-state index contributed by atoms with van der Waals surface area (Å²) >= 11 is 0. The van der Waals surface area contributed by atoms with E-state index in [4.69, 9.17) is 0 Å². The van der Waals surface area contributed by atoms with Gasteiger partial charge < -0.3 is 15.2 Å². The molecule has 2 heterocycles. The second kappa shape index (κ2) is 7.84. The Morgan fingerprint density at radius 1 is 1.11 bits per heavy atom. The van der Waals surface area contributed by atoms with E-state index in [0.29, 0.717) is 19.5 Å². The minimum atomic E-state index is -0.701. The number of rotatable bonds is 5. The Kier molecular flexibility index (Phi) is 5.10. The summed E-state index contributed by atoms with van der Waals surface area (Å²) in [5.41, 5.74) is 2.16. The third-order valence-electron chi connectivity index (χ3n) is 5.21. The largest absolute Gasteiger partial charge is 0.361 e. The van der Waals surface area contributed by atoms with E-state index in [2.05, 4.69) is 10.3 Å². The summed E-state index contributed by atoms with van der Waals surface area (Å²) in [4.78, 5) is 30.7. The molecule has 1 saturated heterocycles. The van der Waals surface area contributed by atoms with Crippen molar-refractivity contribution >= 4 is 22.7 Å². The van der Waals surface area contributed by atoms with Crippen LogP contribution in [0.15, 0.2) is 54.7 Å². The van der Waals surface area contributed by atoms with Crippen LogP contribution < -0.4 is 5.32 Å². The number of carbonyl (C=O) groups excluding carboxylic acids is 2. The molecule has 28 heavy (non-hydrogen) atoms. The molecule has 0 radical (unpaired) electrons. The number of hydrogen-bond donors (Lipinski definition) is 2. The molecular weight excluding hydrogens is 357 g/mol. The number of nitrogens with one attached hydrogen (secondary N) is 2. The Morgan fingerprint density at radius 2 is 1.89 bits per heavy atom. The summed E-state index contributed by atoms with van der Waals surface area (Å²) < 4.78 is 13.5. The second-order valence-corrected chi connectivity index (χ2v) is 7.13.